The van der Waals surface area contributed by atoms with E-state index in [-0.39, 0.29) is 24.0 Å². The minimum absolute atomic E-state index is 0. The van der Waals surface area contributed by atoms with Gasteiger partial charge < -0.3 is 16.0 Å². The second kappa shape index (κ2) is 9.02. The lowest BCUT2D eigenvalue weighted by Gasteiger charge is -2.12. The van der Waals surface area contributed by atoms with Gasteiger partial charge in [0.1, 0.15) is 0 Å². The van der Waals surface area contributed by atoms with Crippen LogP contribution in [0.1, 0.15) is 18.9 Å². The number of anilines is 1. The Morgan fingerprint density at radius 3 is 2.39 bits per heavy atom. The first kappa shape index (κ1) is 17.0. The third-order valence-corrected chi connectivity index (χ3v) is 2.44. The molecule has 102 valence electrons. The van der Waals surface area contributed by atoms with Gasteiger partial charge in [-0.2, -0.15) is 0 Å². The molecule has 0 atom stereocenters. The van der Waals surface area contributed by atoms with Crippen molar-refractivity contribution in [2.24, 2.45) is 10.7 Å². The maximum atomic E-state index is 5.72. The van der Waals surface area contributed by atoms with Crippen LogP contribution in [0.15, 0.2) is 29.3 Å². The quantitative estimate of drug-likeness (QED) is 0.480. The zero-order chi connectivity index (χ0) is 12.7. The predicted molar refractivity (Wildman–Crippen MR) is 89.8 cm³/mol. The Balaban J connectivity index is 0.00000289. The van der Waals surface area contributed by atoms with E-state index in [2.05, 4.69) is 46.4 Å². The van der Waals surface area contributed by atoms with Crippen molar-refractivity contribution in [3.63, 3.8) is 0 Å². The van der Waals surface area contributed by atoms with Crippen LogP contribution >= 0.6 is 24.0 Å². The molecular weight excluding hydrogens is 339 g/mol. The van der Waals surface area contributed by atoms with Gasteiger partial charge in [0, 0.05) is 26.3 Å². The van der Waals surface area contributed by atoms with Gasteiger partial charge in [-0.05, 0) is 24.1 Å². The van der Waals surface area contributed by atoms with E-state index in [1.54, 1.807) is 0 Å². The summed E-state index contributed by atoms with van der Waals surface area (Å²) in [7, 11) is 4.06. The molecule has 5 heteroatoms. The fraction of sp³-hybridized carbons (Fsp3) is 0.462. The molecule has 1 aromatic carbocycles. The highest BCUT2D eigenvalue weighted by atomic mass is 127. The number of nitrogens with one attached hydrogen (secondary N) is 1. The smallest absolute Gasteiger partial charge is 0.188 e. The van der Waals surface area contributed by atoms with Gasteiger partial charge in [-0.25, -0.2) is 4.99 Å². The van der Waals surface area contributed by atoms with Crippen molar-refractivity contribution in [1.82, 2.24) is 5.32 Å². The molecule has 0 spiro atoms. The summed E-state index contributed by atoms with van der Waals surface area (Å²) in [5.74, 6) is 0.517. The number of aliphatic imine (C=N–C) groups is 1. The first-order chi connectivity index (χ1) is 8.13. The normalized spacial score (nSPS) is 10.7. The second-order valence-electron chi connectivity index (χ2n) is 4.19. The molecular formula is C13H23IN4. The van der Waals surface area contributed by atoms with Crippen LogP contribution in [0.5, 0.6) is 0 Å². The Kier molecular flexibility index (Phi) is 8.53. The van der Waals surface area contributed by atoms with Gasteiger partial charge in [-0.15, -0.1) is 24.0 Å². The van der Waals surface area contributed by atoms with Gasteiger partial charge in [0.15, 0.2) is 5.96 Å². The van der Waals surface area contributed by atoms with Crippen molar-refractivity contribution >= 4 is 35.6 Å². The standard InChI is InChI=1S/C13H22N4.HI/c1-4-9-15-13(14)16-10-11-5-7-12(8-6-11)17(2)3;/h5-8H,4,9-10H2,1-3H3,(H3,14,15,16);1H. The Hall–Kier alpha value is -0.980. The molecule has 0 unspecified atom stereocenters. The van der Waals surface area contributed by atoms with E-state index in [1.807, 2.05) is 14.1 Å². The molecule has 1 rings (SSSR count). The zero-order valence-corrected chi connectivity index (χ0v) is 13.6. The average molecular weight is 362 g/mol. The third-order valence-electron chi connectivity index (χ3n) is 2.44. The minimum atomic E-state index is 0. The number of hydrogen-bond acceptors (Lipinski definition) is 2. The molecule has 0 aromatic heterocycles. The average Bonchev–Trinajstić information content (AvgIpc) is 2.34. The fourth-order valence-corrected chi connectivity index (χ4v) is 1.38. The van der Waals surface area contributed by atoms with E-state index in [0.717, 1.165) is 18.5 Å². The summed E-state index contributed by atoms with van der Waals surface area (Å²) in [5, 5.41) is 3.05. The first-order valence-electron chi connectivity index (χ1n) is 5.93. The number of guanidine groups is 1. The molecule has 3 N–H and O–H groups in total. The summed E-state index contributed by atoms with van der Waals surface area (Å²) in [6.07, 6.45) is 1.05. The van der Waals surface area contributed by atoms with E-state index >= 15 is 0 Å². The van der Waals surface area contributed by atoms with Crippen molar-refractivity contribution in [3.8, 4) is 0 Å². The molecule has 0 saturated carbocycles. The lowest BCUT2D eigenvalue weighted by Crippen LogP contribution is -2.32. The summed E-state index contributed by atoms with van der Waals surface area (Å²) < 4.78 is 0. The third kappa shape index (κ3) is 6.09. The Morgan fingerprint density at radius 2 is 1.89 bits per heavy atom. The monoisotopic (exact) mass is 362 g/mol. The summed E-state index contributed by atoms with van der Waals surface area (Å²) in [5.41, 5.74) is 8.07. The van der Waals surface area contributed by atoms with E-state index in [4.69, 9.17) is 5.73 Å². The number of nitrogens with zero attached hydrogens (tertiary/aromatic N) is 2. The van der Waals surface area contributed by atoms with E-state index in [9.17, 15) is 0 Å². The van der Waals surface area contributed by atoms with Crippen LogP contribution in [0.2, 0.25) is 0 Å². The van der Waals surface area contributed by atoms with Gasteiger partial charge in [0.25, 0.3) is 0 Å². The second-order valence-corrected chi connectivity index (χ2v) is 4.19. The summed E-state index contributed by atoms with van der Waals surface area (Å²) in [4.78, 5) is 6.35. The SMILES string of the molecule is CCCNC(N)=NCc1ccc(N(C)C)cc1.I. The summed E-state index contributed by atoms with van der Waals surface area (Å²) >= 11 is 0. The number of hydrogen-bond donors (Lipinski definition) is 2. The number of halogens is 1. The van der Waals surface area contributed by atoms with Gasteiger partial charge in [-0.3, -0.25) is 0 Å². The molecule has 0 bridgehead atoms. The van der Waals surface area contributed by atoms with Gasteiger partial charge >= 0.3 is 0 Å². The highest BCUT2D eigenvalue weighted by Crippen LogP contribution is 2.12. The molecule has 1 aromatic rings. The minimum Gasteiger partial charge on any atom is -0.378 e. The van der Waals surface area contributed by atoms with Crippen LogP contribution in [0, 0.1) is 0 Å². The molecule has 0 fully saturated rings. The van der Waals surface area contributed by atoms with Crippen molar-refractivity contribution < 1.29 is 0 Å². The predicted octanol–water partition coefficient (Wildman–Crippen LogP) is 2.18. The molecule has 0 radical (unpaired) electrons. The number of nitrogens with two attached hydrogens (primary N) is 1. The van der Waals surface area contributed by atoms with E-state index < -0.39 is 0 Å². The molecule has 0 saturated heterocycles. The lowest BCUT2D eigenvalue weighted by atomic mass is 10.2. The number of benzene rings is 1. The Labute approximate surface area is 127 Å². The van der Waals surface area contributed by atoms with Crippen LogP contribution in [0.3, 0.4) is 0 Å². The molecule has 0 amide bonds. The highest BCUT2D eigenvalue weighted by molar-refractivity contribution is 14.0. The van der Waals surface area contributed by atoms with Gasteiger partial charge in [0.2, 0.25) is 0 Å². The van der Waals surface area contributed by atoms with Crippen molar-refractivity contribution in [2.45, 2.75) is 19.9 Å². The van der Waals surface area contributed by atoms with Gasteiger partial charge in [0.05, 0.1) is 6.54 Å². The maximum absolute atomic E-state index is 5.72. The van der Waals surface area contributed by atoms with Gasteiger partial charge in [-0.1, -0.05) is 19.1 Å². The van der Waals surface area contributed by atoms with E-state index in [1.165, 1.54) is 5.69 Å². The largest absolute Gasteiger partial charge is 0.378 e. The van der Waals surface area contributed by atoms with Crippen molar-refractivity contribution in [1.29, 1.82) is 0 Å². The van der Waals surface area contributed by atoms with Crippen LogP contribution in [-0.2, 0) is 6.54 Å². The highest BCUT2D eigenvalue weighted by Gasteiger charge is 1.96. The van der Waals surface area contributed by atoms with Crippen molar-refractivity contribution in [3.05, 3.63) is 29.8 Å². The molecule has 18 heavy (non-hydrogen) atoms. The Morgan fingerprint density at radius 1 is 1.28 bits per heavy atom. The van der Waals surface area contributed by atoms with Crippen LogP contribution in [0.4, 0.5) is 5.69 Å². The van der Waals surface area contributed by atoms with Crippen LogP contribution in [-0.4, -0.2) is 26.6 Å². The molecule has 0 heterocycles. The fourth-order valence-electron chi connectivity index (χ4n) is 1.38. The maximum Gasteiger partial charge on any atom is 0.188 e. The zero-order valence-electron chi connectivity index (χ0n) is 11.3. The molecule has 4 nitrogen and oxygen atoms in total. The topological polar surface area (TPSA) is 53.6 Å². The molecule has 0 aliphatic rings. The van der Waals surface area contributed by atoms with Crippen molar-refractivity contribution in [2.75, 3.05) is 25.5 Å². The first-order valence-corrected chi connectivity index (χ1v) is 5.93. The van der Waals surface area contributed by atoms with Crippen LogP contribution in [0.25, 0.3) is 0 Å². The lowest BCUT2D eigenvalue weighted by molar-refractivity contribution is 0.825. The van der Waals surface area contributed by atoms with E-state index in [0.29, 0.717) is 12.5 Å². The summed E-state index contributed by atoms with van der Waals surface area (Å²) in [6, 6.07) is 8.32. The Bertz CT molecular complexity index is 360. The molecule has 0 aliphatic heterocycles. The molecule has 0 aliphatic carbocycles. The number of rotatable bonds is 5. The van der Waals surface area contributed by atoms with Crippen LogP contribution < -0.4 is 16.0 Å². The summed E-state index contributed by atoms with van der Waals surface area (Å²) in [6.45, 7) is 3.59.